The summed E-state index contributed by atoms with van der Waals surface area (Å²) in [6.07, 6.45) is 2.00. The number of nitrogens with zero attached hydrogens (tertiary/aromatic N) is 3. The molecule has 120 valence electrons. The monoisotopic (exact) mass is 313 g/mol. The van der Waals surface area contributed by atoms with Gasteiger partial charge in [0.1, 0.15) is 0 Å². The van der Waals surface area contributed by atoms with Crippen molar-refractivity contribution in [3.8, 4) is 0 Å². The fourth-order valence-electron chi connectivity index (χ4n) is 3.08. The van der Waals surface area contributed by atoms with Crippen LogP contribution in [-0.2, 0) is 11.3 Å². The summed E-state index contributed by atoms with van der Waals surface area (Å²) in [4.78, 5) is 24.9. The quantitative estimate of drug-likeness (QED) is 0.646. The third kappa shape index (κ3) is 2.72. The van der Waals surface area contributed by atoms with Gasteiger partial charge in [-0.3, -0.25) is 14.9 Å². The van der Waals surface area contributed by atoms with Gasteiger partial charge in [-0.1, -0.05) is 13.8 Å². The van der Waals surface area contributed by atoms with Crippen LogP contribution in [0.4, 0.5) is 5.69 Å². The van der Waals surface area contributed by atoms with Gasteiger partial charge in [-0.2, -0.15) is 0 Å². The predicted molar refractivity (Wildman–Crippen MR) is 85.9 cm³/mol. The van der Waals surface area contributed by atoms with Gasteiger partial charge in [-0.25, -0.2) is 0 Å². The molecule has 0 fully saturated rings. The first kappa shape index (κ1) is 15.3. The van der Waals surface area contributed by atoms with Crippen molar-refractivity contribution >= 4 is 11.6 Å². The van der Waals surface area contributed by atoms with Crippen molar-refractivity contribution in [3.05, 3.63) is 64.0 Å². The first-order chi connectivity index (χ1) is 11.0. The van der Waals surface area contributed by atoms with Crippen molar-refractivity contribution in [2.45, 2.75) is 26.4 Å². The Morgan fingerprint density at radius 3 is 2.52 bits per heavy atom. The van der Waals surface area contributed by atoms with E-state index in [1.54, 1.807) is 12.1 Å². The summed E-state index contributed by atoms with van der Waals surface area (Å²) in [5.41, 5.74) is 1.99. The van der Waals surface area contributed by atoms with Crippen molar-refractivity contribution < 1.29 is 9.72 Å². The number of hydrogen-bond acceptors (Lipinski definition) is 3. The van der Waals surface area contributed by atoms with E-state index >= 15 is 0 Å². The molecule has 0 unspecified atom stereocenters. The molecule has 6 heteroatoms. The van der Waals surface area contributed by atoms with Crippen LogP contribution in [0.15, 0.2) is 42.6 Å². The zero-order chi connectivity index (χ0) is 16.6. The van der Waals surface area contributed by atoms with Gasteiger partial charge in [0.15, 0.2) is 0 Å². The number of nitro benzene ring substituents is 1. The van der Waals surface area contributed by atoms with Crippen LogP contribution in [0.3, 0.4) is 0 Å². The van der Waals surface area contributed by atoms with Crippen LogP contribution in [-0.4, -0.2) is 26.8 Å². The van der Waals surface area contributed by atoms with Gasteiger partial charge in [0.2, 0.25) is 5.91 Å². The van der Waals surface area contributed by atoms with E-state index in [-0.39, 0.29) is 23.6 Å². The first-order valence-electron chi connectivity index (χ1n) is 7.69. The maximum absolute atomic E-state index is 12.6. The van der Waals surface area contributed by atoms with E-state index in [9.17, 15) is 14.9 Å². The number of carbonyl (C=O) groups excluding carboxylic acids is 1. The molecule has 0 saturated heterocycles. The van der Waals surface area contributed by atoms with Crippen LogP contribution in [0.1, 0.15) is 31.1 Å². The Morgan fingerprint density at radius 1 is 1.22 bits per heavy atom. The Bertz CT molecular complexity index is 734. The minimum absolute atomic E-state index is 0.0571. The molecule has 2 aromatic rings. The van der Waals surface area contributed by atoms with Crippen LogP contribution < -0.4 is 0 Å². The molecule has 1 amide bonds. The average molecular weight is 313 g/mol. The van der Waals surface area contributed by atoms with Crippen LogP contribution >= 0.6 is 0 Å². The Labute approximate surface area is 134 Å². The molecule has 3 rings (SSSR count). The lowest BCUT2D eigenvalue weighted by Crippen LogP contribution is -2.44. The van der Waals surface area contributed by atoms with E-state index < -0.39 is 4.92 Å². The maximum atomic E-state index is 12.6. The number of carbonyl (C=O) groups is 1. The van der Waals surface area contributed by atoms with Crippen LogP contribution in [0, 0.1) is 16.0 Å². The predicted octanol–water partition coefficient (Wildman–Crippen LogP) is 2.98. The zero-order valence-electron chi connectivity index (χ0n) is 13.2. The van der Waals surface area contributed by atoms with E-state index in [2.05, 4.69) is 4.57 Å². The molecule has 0 saturated carbocycles. The number of rotatable bonds is 3. The molecule has 0 spiro atoms. The largest absolute Gasteiger partial charge is 0.348 e. The number of aromatic nitrogens is 1. The highest BCUT2D eigenvalue weighted by atomic mass is 16.6. The van der Waals surface area contributed by atoms with Gasteiger partial charge in [0, 0.05) is 43.0 Å². The summed E-state index contributed by atoms with van der Waals surface area (Å²) in [5, 5.41) is 10.8. The SMILES string of the molecule is CC(C)C(=O)N1CCn2cccc2[C@H]1c1ccc([N+](=O)[O-])cc1. The maximum Gasteiger partial charge on any atom is 0.269 e. The standard InChI is InChI=1S/C17H19N3O3/c1-12(2)17(21)19-11-10-18-9-3-4-15(18)16(19)13-5-7-14(8-6-13)20(22)23/h3-9,12,16H,10-11H2,1-2H3/t16-/m1/s1. The van der Waals surface area contributed by atoms with E-state index in [1.807, 2.05) is 37.1 Å². The Kier molecular flexibility index (Phi) is 3.90. The lowest BCUT2D eigenvalue weighted by molar-refractivity contribution is -0.384. The highest BCUT2D eigenvalue weighted by Gasteiger charge is 2.33. The minimum atomic E-state index is -0.412. The fraction of sp³-hybridized carbons (Fsp3) is 0.353. The number of amides is 1. The van der Waals surface area contributed by atoms with Gasteiger partial charge >= 0.3 is 0 Å². The summed E-state index contributed by atoms with van der Waals surface area (Å²) in [6, 6.07) is 10.3. The van der Waals surface area contributed by atoms with E-state index in [4.69, 9.17) is 0 Å². The molecule has 1 aromatic carbocycles. The van der Waals surface area contributed by atoms with Gasteiger partial charge in [-0.15, -0.1) is 0 Å². The smallest absolute Gasteiger partial charge is 0.269 e. The average Bonchev–Trinajstić information content (AvgIpc) is 3.01. The van der Waals surface area contributed by atoms with Crippen molar-refractivity contribution in [2.24, 2.45) is 5.92 Å². The lowest BCUT2D eigenvalue weighted by Gasteiger charge is -2.38. The molecule has 0 aliphatic carbocycles. The van der Waals surface area contributed by atoms with Crippen LogP contribution in [0.25, 0.3) is 0 Å². The number of hydrogen-bond donors (Lipinski definition) is 0. The summed E-state index contributed by atoms with van der Waals surface area (Å²) in [7, 11) is 0. The van der Waals surface area contributed by atoms with E-state index in [0.29, 0.717) is 6.54 Å². The highest BCUT2D eigenvalue weighted by Crippen LogP contribution is 2.34. The molecule has 0 N–H and O–H groups in total. The molecule has 0 radical (unpaired) electrons. The molecule has 1 aliphatic heterocycles. The Hall–Kier alpha value is -2.63. The summed E-state index contributed by atoms with van der Waals surface area (Å²) in [5.74, 6) is 0.0119. The normalized spacial score (nSPS) is 17.2. The van der Waals surface area contributed by atoms with Crippen LogP contribution in [0.2, 0.25) is 0 Å². The van der Waals surface area contributed by atoms with Crippen molar-refractivity contribution in [3.63, 3.8) is 0 Å². The summed E-state index contributed by atoms with van der Waals surface area (Å²) in [6.45, 7) is 5.19. The van der Waals surface area contributed by atoms with Crippen molar-refractivity contribution in [1.82, 2.24) is 9.47 Å². The third-order valence-electron chi connectivity index (χ3n) is 4.23. The molecule has 1 aromatic heterocycles. The zero-order valence-corrected chi connectivity index (χ0v) is 13.2. The number of fused-ring (bicyclic) bond motifs is 1. The van der Waals surface area contributed by atoms with Crippen molar-refractivity contribution in [2.75, 3.05) is 6.54 Å². The highest BCUT2D eigenvalue weighted by molar-refractivity contribution is 5.79. The number of nitro groups is 1. The summed E-state index contributed by atoms with van der Waals surface area (Å²) < 4.78 is 2.14. The Morgan fingerprint density at radius 2 is 1.91 bits per heavy atom. The molecular formula is C17H19N3O3. The second-order valence-corrected chi connectivity index (χ2v) is 6.06. The molecule has 2 heterocycles. The van der Waals surface area contributed by atoms with Crippen molar-refractivity contribution in [1.29, 1.82) is 0 Å². The van der Waals surface area contributed by atoms with Gasteiger partial charge in [0.25, 0.3) is 5.69 Å². The first-order valence-corrected chi connectivity index (χ1v) is 7.69. The second-order valence-electron chi connectivity index (χ2n) is 6.06. The molecule has 6 nitrogen and oxygen atoms in total. The number of benzene rings is 1. The van der Waals surface area contributed by atoms with Gasteiger partial charge in [-0.05, 0) is 29.8 Å². The fourth-order valence-corrected chi connectivity index (χ4v) is 3.08. The lowest BCUT2D eigenvalue weighted by atomic mass is 9.98. The molecule has 1 aliphatic rings. The third-order valence-corrected chi connectivity index (χ3v) is 4.23. The minimum Gasteiger partial charge on any atom is -0.348 e. The van der Waals surface area contributed by atoms with Crippen LogP contribution in [0.5, 0.6) is 0 Å². The van der Waals surface area contributed by atoms with E-state index in [0.717, 1.165) is 17.8 Å². The molecule has 23 heavy (non-hydrogen) atoms. The molecular weight excluding hydrogens is 294 g/mol. The van der Waals surface area contributed by atoms with Gasteiger partial charge < -0.3 is 9.47 Å². The summed E-state index contributed by atoms with van der Waals surface area (Å²) >= 11 is 0. The Balaban J connectivity index is 2.03. The van der Waals surface area contributed by atoms with Gasteiger partial charge in [0.05, 0.1) is 11.0 Å². The topological polar surface area (TPSA) is 68.4 Å². The van der Waals surface area contributed by atoms with E-state index in [1.165, 1.54) is 12.1 Å². The number of non-ortho nitro benzene ring substituents is 1. The molecule has 1 atom stereocenters. The second kappa shape index (κ2) is 5.87. The molecule has 0 bridgehead atoms.